The van der Waals surface area contributed by atoms with E-state index in [1.165, 1.54) is 42.3 Å². The minimum atomic E-state index is -4.22. The maximum atomic E-state index is 14.0. The molecule has 41 heavy (non-hydrogen) atoms. The molecule has 0 radical (unpaired) electrons. The van der Waals surface area contributed by atoms with Crippen LogP contribution in [0.4, 0.5) is 5.69 Å². The van der Waals surface area contributed by atoms with Crippen LogP contribution >= 0.6 is 23.2 Å². The molecule has 0 fully saturated rings. The summed E-state index contributed by atoms with van der Waals surface area (Å²) in [5, 5.41) is 3.56. The number of methoxy groups -OCH3 is 1. The molecule has 0 aliphatic heterocycles. The van der Waals surface area contributed by atoms with E-state index in [9.17, 15) is 18.0 Å². The molecule has 3 rings (SSSR count). The molecule has 3 aromatic rings. The van der Waals surface area contributed by atoms with Gasteiger partial charge < -0.3 is 15.0 Å². The van der Waals surface area contributed by atoms with Crippen molar-refractivity contribution >= 4 is 50.7 Å². The Balaban J connectivity index is 2.06. The van der Waals surface area contributed by atoms with Crippen LogP contribution < -0.4 is 14.4 Å². The summed E-state index contributed by atoms with van der Waals surface area (Å²) in [5.74, 6) is -0.582. The number of aryl methyl sites for hydroxylation is 1. The Bertz CT molecular complexity index is 1480. The number of sulfonamides is 1. The van der Waals surface area contributed by atoms with Crippen LogP contribution in [0.5, 0.6) is 5.75 Å². The maximum absolute atomic E-state index is 14.0. The Morgan fingerprint density at radius 1 is 1.00 bits per heavy atom. The van der Waals surface area contributed by atoms with E-state index in [0.717, 1.165) is 9.87 Å². The zero-order chi connectivity index (χ0) is 30.3. The molecule has 3 aromatic carbocycles. The third kappa shape index (κ3) is 8.15. The van der Waals surface area contributed by atoms with Crippen molar-refractivity contribution in [2.75, 3.05) is 18.0 Å². The summed E-state index contributed by atoms with van der Waals surface area (Å²) in [7, 11) is -2.77. The van der Waals surface area contributed by atoms with E-state index >= 15 is 0 Å². The third-order valence-corrected chi connectivity index (χ3v) is 9.04. The lowest BCUT2D eigenvalue weighted by Crippen LogP contribution is -2.52. The highest BCUT2D eigenvalue weighted by molar-refractivity contribution is 7.92. The number of halogens is 2. The lowest BCUT2D eigenvalue weighted by Gasteiger charge is -2.32. The standard InChI is InChI=1S/C30H35Cl2N3O5S/c1-6-21(3)33-30(37)22(4)34(18-23-8-7-9-24(31)16-23)29(36)19-35(25-12-15-28(40-5)27(32)17-25)41(38,39)26-13-10-20(2)11-14-26/h7-17,21-22H,6,18-19H2,1-5H3,(H,33,37)/t21-,22-/m1/s1. The molecule has 11 heteroatoms. The average molecular weight is 621 g/mol. The number of hydrogen-bond acceptors (Lipinski definition) is 5. The number of rotatable bonds is 12. The van der Waals surface area contributed by atoms with Crippen LogP contribution in [0.15, 0.2) is 71.6 Å². The fourth-order valence-electron chi connectivity index (χ4n) is 4.06. The molecule has 0 aliphatic rings. The van der Waals surface area contributed by atoms with Crippen molar-refractivity contribution in [1.82, 2.24) is 10.2 Å². The smallest absolute Gasteiger partial charge is 0.264 e. The van der Waals surface area contributed by atoms with E-state index in [1.807, 2.05) is 20.8 Å². The summed E-state index contributed by atoms with van der Waals surface area (Å²) in [6, 6.07) is 16.7. The molecule has 0 saturated carbocycles. The summed E-state index contributed by atoms with van der Waals surface area (Å²) in [5.41, 5.74) is 1.74. The zero-order valence-electron chi connectivity index (χ0n) is 23.7. The summed E-state index contributed by atoms with van der Waals surface area (Å²) < 4.78 is 34.1. The molecule has 8 nitrogen and oxygen atoms in total. The molecular weight excluding hydrogens is 585 g/mol. The van der Waals surface area contributed by atoms with Gasteiger partial charge in [0.25, 0.3) is 10.0 Å². The predicted molar refractivity (Wildman–Crippen MR) is 163 cm³/mol. The molecule has 0 spiro atoms. The summed E-state index contributed by atoms with van der Waals surface area (Å²) >= 11 is 12.5. The highest BCUT2D eigenvalue weighted by atomic mass is 35.5. The molecule has 2 atom stereocenters. The first-order valence-corrected chi connectivity index (χ1v) is 15.3. The van der Waals surface area contributed by atoms with Crippen molar-refractivity contribution in [3.63, 3.8) is 0 Å². The van der Waals surface area contributed by atoms with E-state index in [4.69, 9.17) is 27.9 Å². The molecule has 0 unspecified atom stereocenters. The van der Waals surface area contributed by atoms with Gasteiger partial charge in [0.05, 0.1) is 22.7 Å². The van der Waals surface area contributed by atoms with Crippen LogP contribution in [0.2, 0.25) is 10.0 Å². The second-order valence-electron chi connectivity index (χ2n) is 9.79. The van der Waals surface area contributed by atoms with E-state index in [2.05, 4.69) is 5.32 Å². The zero-order valence-corrected chi connectivity index (χ0v) is 26.1. The fourth-order valence-corrected chi connectivity index (χ4v) is 5.93. The molecule has 0 aromatic heterocycles. The molecule has 0 saturated heterocycles. The van der Waals surface area contributed by atoms with Gasteiger partial charge in [-0.1, -0.05) is 60.0 Å². The van der Waals surface area contributed by atoms with Gasteiger partial charge >= 0.3 is 0 Å². The van der Waals surface area contributed by atoms with Gasteiger partial charge in [0, 0.05) is 17.6 Å². The van der Waals surface area contributed by atoms with Gasteiger partial charge in [0.2, 0.25) is 11.8 Å². The van der Waals surface area contributed by atoms with Crippen molar-refractivity contribution in [2.45, 2.75) is 57.6 Å². The first-order chi connectivity index (χ1) is 19.4. The van der Waals surface area contributed by atoms with E-state index < -0.39 is 28.5 Å². The predicted octanol–water partition coefficient (Wildman–Crippen LogP) is 5.84. The van der Waals surface area contributed by atoms with Crippen LogP contribution in [-0.2, 0) is 26.2 Å². The maximum Gasteiger partial charge on any atom is 0.264 e. The van der Waals surface area contributed by atoms with Crippen molar-refractivity contribution in [3.8, 4) is 5.75 Å². The largest absolute Gasteiger partial charge is 0.495 e. The molecule has 0 aliphatic carbocycles. The lowest BCUT2D eigenvalue weighted by molar-refractivity contribution is -0.139. The number of amides is 2. The Labute approximate surface area is 252 Å². The monoisotopic (exact) mass is 619 g/mol. The molecule has 0 heterocycles. The van der Waals surface area contributed by atoms with Gasteiger partial charge in [0.15, 0.2) is 0 Å². The Morgan fingerprint density at radius 2 is 1.68 bits per heavy atom. The Morgan fingerprint density at radius 3 is 2.27 bits per heavy atom. The van der Waals surface area contributed by atoms with Crippen LogP contribution in [0.3, 0.4) is 0 Å². The van der Waals surface area contributed by atoms with Gasteiger partial charge in [-0.15, -0.1) is 0 Å². The highest BCUT2D eigenvalue weighted by Gasteiger charge is 2.33. The summed E-state index contributed by atoms with van der Waals surface area (Å²) in [6.45, 7) is 6.73. The van der Waals surface area contributed by atoms with Crippen LogP contribution in [0.1, 0.15) is 38.3 Å². The molecule has 220 valence electrons. The van der Waals surface area contributed by atoms with Crippen molar-refractivity contribution in [1.29, 1.82) is 0 Å². The molecular formula is C30H35Cl2N3O5S. The van der Waals surface area contributed by atoms with Crippen LogP contribution in [0.25, 0.3) is 0 Å². The number of carbonyl (C=O) groups is 2. The number of carbonyl (C=O) groups excluding carboxylic acids is 2. The Kier molecular flexibility index (Phi) is 11.1. The van der Waals surface area contributed by atoms with Crippen molar-refractivity contribution in [2.24, 2.45) is 0 Å². The Hall–Kier alpha value is -3.27. The van der Waals surface area contributed by atoms with Gasteiger partial charge in [-0.05, 0) is 75.2 Å². The number of nitrogens with zero attached hydrogens (tertiary/aromatic N) is 2. The molecule has 0 bridgehead atoms. The minimum Gasteiger partial charge on any atom is -0.495 e. The number of ether oxygens (including phenoxy) is 1. The lowest BCUT2D eigenvalue weighted by atomic mass is 10.1. The number of hydrogen-bond donors (Lipinski definition) is 1. The average Bonchev–Trinajstić information content (AvgIpc) is 2.94. The second-order valence-corrected chi connectivity index (χ2v) is 12.5. The van der Waals surface area contributed by atoms with Crippen molar-refractivity contribution < 1.29 is 22.7 Å². The first-order valence-electron chi connectivity index (χ1n) is 13.1. The van der Waals surface area contributed by atoms with Gasteiger partial charge in [-0.25, -0.2) is 8.42 Å². The van der Waals surface area contributed by atoms with Crippen LogP contribution in [0, 0.1) is 6.92 Å². The highest BCUT2D eigenvalue weighted by Crippen LogP contribution is 2.32. The molecule has 2 amide bonds. The van der Waals surface area contributed by atoms with E-state index in [1.54, 1.807) is 43.3 Å². The topological polar surface area (TPSA) is 96.0 Å². The number of anilines is 1. The van der Waals surface area contributed by atoms with E-state index in [-0.39, 0.29) is 34.1 Å². The van der Waals surface area contributed by atoms with Gasteiger partial charge in [-0.3, -0.25) is 13.9 Å². The van der Waals surface area contributed by atoms with Gasteiger partial charge in [-0.2, -0.15) is 0 Å². The van der Waals surface area contributed by atoms with Crippen LogP contribution in [-0.4, -0.2) is 50.9 Å². The summed E-state index contributed by atoms with van der Waals surface area (Å²) in [4.78, 5) is 28.5. The second kappa shape index (κ2) is 14.1. The third-order valence-electron chi connectivity index (χ3n) is 6.72. The van der Waals surface area contributed by atoms with Gasteiger partial charge in [0.1, 0.15) is 18.3 Å². The first kappa shape index (κ1) is 32.2. The van der Waals surface area contributed by atoms with Crippen molar-refractivity contribution in [3.05, 3.63) is 87.9 Å². The minimum absolute atomic E-state index is 0.00629. The number of benzene rings is 3. The fraction of sp³-hybridized carbons (Fsp3) is 0.333. The SMILES string of the molecule is CC[C@@H](C)NC(=O)[C@@H](C)N(Cc1cccc(Cl)c1)C(=O)CN(c1ccc(OC)c(Cl)c1)S(=O)(=O)c1ccc(C)cc1. The quantitative estimate of drug-likeness (QED) is 0.275. The summed E-state index contributed by atoms with van der Waals surface area (Å²) in [6.07, 6.45) is 0.710. The number of nitrogens with one attached hydrogen (secondary N) is 1. The van der Waals surface area contributed by atoms with E-state index in [0.29, 0.717) is 22.8 Å². The molecule has 1 N–H and O–H groups in total. The normalized spacial score (nSPS) is 12.8.